The van der Waals surface area contributed by atoms with Crippen LogP contribution in [0.1, 0.15) is 50.5 Å². The van der Waals surface area contributed by atoms with Gasteiger partial charge in [-0.05, 0) is 49.4 Å². The lowest BCUT2D eigenvalue weighted by Gasteiger charge is -2.33. The highest BCUT2D eigenvalue weighted by Crippen LogP contribution is 2.38. The zero-order chi connectivity index (χ0) is 13.8. The molecule has 3 rings (SSSR count). The minimum Gasteiger partial charge on any atom is -0.486 e. The van der Waals surface area contributed by atoms with Crippen molar-refractivity contribution in [2.24, 2.45) is 0 Å². The quantitative estimate of drug-likeness (QED) is 0.912. The Hall–Kier alpha value is -1.22. The Labute approximate surface area is 121 Å². The van der Waals surface area contributed by atoms with Crippen LogP contribution in [0, 0.1) is 0 Å². The minimum absolute atomic E-state index is 0.617. The molecule has 0 spiro atoms. The van der Waals surface area contributed by atoms with Gasteiger partial charge in [0.2, 0.25) is 0 Å². The molecule has 3 heteroatoms. The van der Waals surface area contributed by atoms with Crippen molar-refractivity contribution in [1.82, 2.24) is 5.32 Å². The Morgan fingerprint density at radius 1 is 1.10 bits per heavy atom. The Morgan fingerprint density at radius 3 is 2.75 bits per heavy atom. The highest BCUT2D eigenvalue weighted by Gasteiger charge is 2.27. The van der Waals surface area contributed by atoms with Crippen molar-refractivity contribution >= 4 is 0 Å². The highest BCUT2D eigenvalue weighted by molar-refractivity contribution is 5.45. The second-order valence-corrected chi connectivity index (χ2v) is 5.85. The fraction of sp³-hybridized carbons (Fsp3) is 0.647. The van der Waals surface area contributed by atoms with Gasteiger partial charge in [-0.3, -0.25) is 0 Å². The summed E-state index contributed by atoms with van der Waals surface area (Å²) in [5.74, 6) is 2.44. The zero-order valence-corrected chi connectivity index (χ0v) is 12.4. The van der Waals surface area contributed by atoms with E-state index in [2.05, 4.69) is 30.4 Å². The lowest BCUT2D eigenvalue weighted by Crippen LogP contribution is -2.37. The first-order valence-corrected chi connectivity index (χ1v) is 8.01. The van der Waals surface area contributed by atoms with Crippen molar-refractivity contribution in [3.05, 3.63) is 23.8 Å². The molecule has 1 aromatic carbocycles. The summed E-state index contributed by atoms with van der Waals surface area (Å²) in [7, 11) is 0. The summed E-state index contributed by atoms with van der Waals surface area (Å²) in [5.41, 5.74) is 1.41. The van der Waals surface area contributed by atoms with Crippen LogP contribution in [0.25, 0.3) is 0 Å². The molecular weight excluding hydrogens is 250 g/mol. The SMILES string of the molecule is CCCNC1CCCCC1c1ccc2c(c1)OCCO2. The monoisotopic (exact) mass is 275 g/mol. The average molecular weight is 275 g/mol. The van der Waals surface area contributed by atoms with Crippen LogP contribution in [-0.2, 0) is 0 Å². The molecule has 0 radical (unpaired) electrons. The van der Waals surface area contributed by atoms with Crippen LogP contribution in [0.4, 0.5) is 0 Å². The van der Waals surface area contributed by atoms with Crippen molar-refractivity contribution in [2.45, 2.75) is 51.0 Å². The van der Waals surface area contributed by atoms with E-state index in [-0.39, 0.29) is 0 Å². The van der Waals surface area contributed by atoms with Crippen molar-refractivity contribution in [3.8, 4) is 11.5 Å². The van der Waals surface area contributed by atoms with E-state index in [0.29, 0.717) is 25.2 Å². The largest absolute Gasteiger partial charge is 0.486 e. The molecule has 0 aromatic heterocycles. The molecular formula is C17H25NO2. The van der Waals surface area contributed by atoms with E-state index in [1.807, 2.05) is 0 Å². The minimum atomic E-state index is 0.617. The molecule has 1 aliphatic heterocycles. The summed E-state index contributed by atoms with van der Waals surface area (Å²) in [6.07, 6.45) is 6.45. The van der Waals surface area contributed by atoms with E-state index in [9.17, 15) is 0 Å². The van der Waals surface area contributed by atoms with Gasteiger partial charge in [-0.1, -0.05) is 25.8 Å². The van der Waals surface area contributed by atoms with Crippen molar-refractivity contribution in [2.75, 3.05) is 19.8 Å². The number of rotatable bonds is 4. The van der Waals surface area contributed by atoms with Crippen LogP contribution < -0.4 is 14.8 Å². The maximum atomic E-state index is 5.73. The lowest BCUT2D eigenvalue weighted by atomic mass is 9.80. The van der Waals surface area contributed by atoms with Gasteiger partial charge < -0.3 is 14.8 Å². The van der Waals surface area contributed by atoms with E-state index in [4.69, 9.17) is 9.47 Å². The van der Waals surface area contributed by atoms with E-state index in [0.717, 1.165) is 18.0 Å². The average Bonchev–Trinajstić information content (AvgIpc) is 2.53. The molecule has 2 aliphatic rings. The fourth-order valence-corrected chi connectivity index (χ4v) is 3.39. The molecule has 1 aliphatic carbocycles. The summed E-state index contributed by atoms with van der Waals surface area (Å²) in [5, 5.41) is 3.73. The summed E-state index contributed by atoms with van der Waals surface area (Å²) in [4.78, 5) is 0. The van der Waals surface area contributed by atoms with Gasteiger partial charge in [0.25, 0.3) is 0 Å². The van der Waals surface area contributed by atoms with Crippen LogP contribution in [0.2, 0.25) is 0 Å². The van der Waals surface area contributed by atoms with Crippen molar-refractivity contribution in [1.29, 1.82) is 0 Å². The molecule has 2 unspecified atom stereocenters. The van der Waals surface area contributed by atoms with Crippen LogP contribution in [-0.4, -0.2) is 25.8 Å². The summed E-state index contributed by atoms with van der Waals surface area (Å²) in [6, 6.07) is 7.12. The van der Waals surface area contributed by atoms with Gasteiger partial charge in [-0.2, -0.15) is 0 Å². The first-order valence-electron chi connectivity index (χ1n) is 8.01. The molecule has 0 bridgehead atoms. The normalized spacial score (nSPS) is 25.4. The van der Waals surface area contributed by atoms with Gasteiger partial charge in [0.05, 0.1) is 0 Å². The number of hydrogen-bond acceptors (Lipinski definition) is 3. The van der Waals surface area contributed by atoms with Gasteiger partial charge in [0.1, 0.15) is 13.2 Å². The maximum absolute atomic E-state index is 5.73. The third-order valence-electron chi connectivity index (χ3n) is 4.42. The van der Waals surface area contributed by atoms with Crippen molar-refractivity contribution in [3.63, 3.8) is 0 Å². The highest BCUT2D eigenvalue weighted by atomic mass is 16.6. The van der Waals surface area contributed by atoms with E-state index in [1.165, 1.54) is 37.7 Å². The Kier molecular flexibility index (Phi) is 4.46. The first-order chi connectivity index (χ1) is 9.88. The van der Waals surface area contributed by atoms with Crippen LogP contribution in [0.15, 0.2) is 18.2 Å². The molecule has 20 heavy (non-hydrogen) atoms. The zero-order valence-electron chi connectivity index (χ0n) is 12.4. The number of benzene rings is 1. The predicted octanol–water partition coefficient (Wildman–Crippen LogP) is 3.48. The molecule has 0 saturated heterocycles. The number of nitrogens with one attached hydrogen (secondary N) is 1. The third kappa shape index (κ3) is 2.93. The van der Waals surface area contributed by atoms with Crippen LogP contribution >= 0.6 is 0 Å². The first kappa shape index (κ1) is 13.7. The molecule has 1 saturated carbocycles. The van der Waals surface area contributed by atoms with E-state index >= 15 is 0 Å². The molecule has 1 heterocycles. The van der Waals surface area contributed by atoms with E-state index < -0.39 is 0 Å². The molecule has 1 N–H and O–H groups in total. The Bertz CT molecular complexity index is 447. The fourth-order valence-electron chi connectivity index (χ4n) is 3.39. The summed E-state index contributed by atoms with van der Waals surface area (Å²) >= 11 is 0. The lowest BCUT2D eigenvalue weighted by molar-refractivity contribution is 0.171. The molecule has 110 valence electrons. The van der Waals surface area contributed by atoms with Crippen molar-refractivity contribution < 1.29 is 9.47 Å². The Morgan fingerprint density at radius 2 is 1.90 bits per heavy atom. The predicted molar refractivity (Wildman–Crippen MR) is 80.7 cm³/mol. The molecule has 0 amide bonds. The molecule has 1 aromatic rings. The second-order valence-electron chi connectivity index (χ2n) is 5.85. The van der Waals surface area contributed by atoms with Crippen LogP contribution in [0.5, 0.6) is 11.5 Å². The summed E-state index contributed by atoms with van der Waals surface area (Å²) in [6.45, 7) is 4.68. The summed E-state index contributed by atoms with van der Waals surface area (Å²) < 4.78 is 11.3. The maximum Gasteiger partial charge on any atom is 0.161 e. The van der Waals surface area contributed by atoms with Gasteiger partial charge in [-0.25, -0.2) is 0 Å². The van der Waals surface area contributed by atoms with Gasteiger partial charge in [0.15, 0.2) is 11.5 Å². The number of fused-ring (bicyclic) bond motifs is 1. The smallest absolute Gasteiger partial charge is 0.161 e. The molecule has 2 atom stereocenters. The van der Waals surface area contributed by atoms with E-state index in [1.54, 1.807) is 0 Å². The second kappa shape index (κ2) is 6.49. The number of hydrogen-bond donors (Lipinski definition) is 1. The third-order valence-corrected chi connectivity index (χ3v) is 4.42. The number of ether oxygens (including phenoxy) is 2. The molecule has 1 fully saturated rings. The van der Waals surface area contributed by atoms with Crippen LogP contribution in [0.3, 0.4) is 0 Å². The Balaban J connectivity index is 1.78. The van der Waals surface area contributed by atoms with Gasteiger partial charge in [-0.15, -0.1) is 0 Å². The van der Waals surface area contributed by atoms with Gasteiger partial charge >= 0.3 is 0 Å². The molecule has 3 nitrogen and oxygen atoms in total. The topological polar surface area (TPSA) is 30.5 Å². The standard InChI is InChI=1S/C17H25NO2/c1-2-9-18-15-6-4-3-5-14(15)13-7-8-16-17(12-13)20-11-10-19-16/h7-8,12,14-15,18H,2-6,9-11H2,1H3. The van der Waals surface area contributed by atoms with Gasteiger partial charge in [0, 0.05) is 6.04 Å².